The number of ether oxygens (including phenoxy) is 3. The zero-order valence-electron chi connectivity index (χ0n) is 8.95. The van der Waals surface area contributed by atoms with E-state index in [1.165, 1.54) is 0 Å². The lowest BCUT2D eigenvalue weighted by atomic mass is 9.96. The number of methoxy groups -OCH3 is 1. The van der Waals surface area contributed by atoms with Crippen LogP contribution in [0.4, 0.5) is 0 Å². The summed E-state index contributed by atoms with van der Waals surface area (Å²) in [6.45, 7) is 1.43. The van der Waals surface area contributed by atoms with Crippen molar-refractivity contribution in [2.45, 2.75) is 12.6 Å². The third-order valence-corrected chi connectivity index (χ3v) is 2.94. The molecule has 0 fully saturated rings. The Morgan fingerprint density at radius 2 is 2.25 bits per heavy atom. The Morgan fingerprint density at radius 1 is 1.44 bits per heavy atom. The third-order valence-electron chi connectivity index (χ3n) is 2.94. The van der Waals surface area contributed by atoms with Crippen molar-refractivity contribution in [1.82, 2.24) is 5.32 Å². The summed E-state index contributed by atoms with van der Waals surface area (Å²) >= 11 is 0. The van der Waals surface area contributed by atoms with Crippen LogP contribution in [0.5, 0.6) is 17.2 Å². The van der Waals surface area contributed by atoms with Gasteiger partial charge in [0.2, 0.25) is 12.5 Å². The highest BCUT2D eigenvalue weighted by Gasteiger charge is 2.31. The fraction of sp³-hybridized carbons (Fsp3) is 0.455. The summed E-state index contributed by atoms with van der Waals surface area (Å²) in [5.74, 6) is 1.88. The molecular formula is C11H13NO4. The van der Waals surface area contributed by atoms with Gasteiger partial charge in [0.15, 0.2) is 11.5 Å². The molecule has 0 saturated heterocycles. The number of fused-ring (bicyclic) bond motifs is 3. The second-order valence-corrected chi connectivity index (χ2v) is 3.86. The standard InChI is InChI=1S/C11H13NO4/c1-14-8-2-6-3-12-4-7(13)9(6)11-10(8)15-5-16-11/h2,7,12-13H,3-5H2,1H3/t7-/m1/s1. The molecule has 16 heavy (non-hydrogen) atoms. The first-order chi connectivity index (χ1) is 7.81. The van der Waals surface area contributed by atoms with Gasteiger partial charge in [0.1, 0.15) is 0 Å². The largest absolute Gasteiger partial charge is 0.493 e. The van der Waals surface area contributed by atoms with Gasteiger partial charge < -0.3 is 24.6 Å². The summed E-state index contributed by atoms with van der Waals surface area (Å²) in [5.41, 5.74) is 1.83. The fourth-order valence-electron chi connectivity index (χ4n) is 2.22. The molecule has 0 radical (unpaired) electrons. The van der Waals surface area contributed by atoms with E-state index >= 15 is 0 Å². The summed E-state index contributed by atoms with van der Waals surface area (Å²) in [7, 11) is 1.59. The van der Waals surface area contributed by atoms with Crippen molar-refractivity contribution in [2.75, 3.05) is 20.4 Å². The van der Waals surface area contributed by atoms with Gasteiger partial charge in [0.05, 0.1) is 13.2 Å². The summed E-state index contributed by atoms with van der Waals surface area (Å²) in [6, 6.07) is 1.89. The molecule has 1 atom stereocenters. The van der Waals surface area contributed by atoms with Crippen LogP contribution in [0.1, 0.15) is 17.2 Å². The quantitative estimate of drug-likeness (QED) is 0.728. The molecule has 3 rings (SSSR count). The highest BCUT2D eigenvalue weighted by Crippen LogP contribution is 2.48. The molecule has 0 amide bonds. The zero-order valence-corrected chi connectivity index (χ0v) is 8.95. The van der Waals surface area contributed by atoms with Crippen LogP contribution >= 0.6 is 0 Å². The molecule has 2 aliphatic heterocycles. The Balaban J connectivity index is 2.21. The molecule has 0 aromatic heterocycles. The minimum atomic E-state index is -0.551. The van der Waals surface area contributed by atoms with Gasteiger partial charge in [-0.05, 0) is 11.6 Å². The Labute approximate surface area is 92.9 Å². The van der Waals surface area contributed by atoms with Gasteiger partial charge in [-0.25, -0.2) is 0 Å². The van der Waals surface area contributed by atoms with E-state index in [2.05, 4.69) is 5.32 Å². The normalized spacial score (nSPS) is 21.8. The molecule has 0 unspecified atom stereocenters. The smallest absolute Gasteiger partial charge is 0.231 e. The summed E-state index contributed by atoms with van der Waals surface area (Å²) in [5, 5.41) is 13.1. The SMILES string of the molecule is COc1cc2c(c3c1OCO3)[C@H](O)CNC2. The maximum atomic E-state index is 9.95. The first-order valence-corrected chi connectivity index (χ1v) is 5.19. The van der Waals surface area contributed by atoms with E-state index < -0.39 is 6.10 Å². The zero-order chi connectivity index (χ0) is 11.1. The number of hydrogen-bond acceptors (Lipinski definition) is 5. The number of benzene rings is 1. The molecule has 5 nitrogen and oxygen atoms in total. The van der Waals surface area contributed by atoms with E-state index in [1.807, 2.05) is 6.07 Å². The van der Waals surface area contributed by atoms with Crippen LogP contribution in [0.25, 0.3) is 0 Å². The van der Waals surface area contributed by atoms with Crippen LogP contribution in [-0.2, 0) is 6.54 Å². The number of aliphatic hydroxyl groups excluding tert-OH is 1. The first kappa shape index (κ1) is 9.74. The molecular weight excluding hydrogens is 210 g/mol. The van der Waals surface area contributed by atoms with E-state index in [1.54, 1.807) is 7.11 Å². The number of hydrogen-bond donors (Lipinski definition) is 2. The Hall–Kier alpha value is -1.46. The van der Waals surface area contributed by atoms with Gasteiger partial charge in [-0.3, -0.25) is 0 Å². The predicted octanol–water partition coefficient (Wildman–Crippen LogP) is 0.560. The highest BCUT2D eigenvalue weighted by atomic mass is 16.7. The first-order valence-electron chi connectivity index (χ1n) is 5.19. The summed E-state index contributed by atoms with van der Waals surface area (Å²) < 4.78 is 16.0. The maximum absolute atomic E-state index is 9.95. The molecule has 5 heteroatoms. The molecule has 1 aromatic rings. The molecule has 0 saturated carbocycles. The summed E-state index contributed by atoms with van der Waals surface area (Å²) in [6.07, 6.45) is -0.551. The molecule has 0 spiro atoms. The predicted molar refractivity (Wildman–Crippen MR) is 55.8 cm³/mol. The van der Waals surface area contributed by atoms with Crippen LogP contribution in [-0.4, -0.2) is 25.6 Å². The Bertz CT molecular complexity index is 432. The van der Waals surface area contributed by atoms with Gasteiger partial charge in [-0.15, -0.1) is 0 Å². The molecule has 2 aliphatic rings. The molecule has 86 valence electrons. The second kappa shape index (κ2) is 3.54. The fourth-order valence-corrected chi connectivity index (χ4v) is 2.22. The molecule has 1 aromatic carbocycles. The van der Waals surface area contributed by atoms with Crippen molar-refractivity contribution < 1.29 is 19.3 Å². The monoisotopic (exact) mass is 223 g/mol. The topological polar surface area (TPSA) is 60.0 Å². The van der Waals surface area contributed by atoms with Crippen LogP contribution in [0.3, 0.4) is 0 Å². The van der Waals surface area contributed by atoms with Crippen molar-refractivity contribution in [3.05, 3.63) is 17.2 Å². The molecule has 2 heterocycles. The number of nitrogens with one attached hydrogen (secondary N) is 1. The van der Waals surface area contributed by atoms with Gasteiger partial charge in [-0.1, -0.05) is 0 Å². The number of aliphatic hydroxyl groups is 1. The maximum Gasteiger partial charge on any atom is 0.231 e. The van der Waals surface area contributed by atoms with E-state index in [9.17, 15) is 5.11 Å². The van der Waals surface area contributed by atoms with E-state index in [0.29, 0.717) is 30.3 Å². The van der Waals surface area contributed by atoms with Crippen LogP contribution in [0.15, 0.2) is 6.07 Å². The lowest BCUT2D eigenvalue weighted by Gasteiger charge is -2.24. The lowest BCUT2D eigenvalue weighted by Crippen LogP contribution is -2.28. The number of β-amino-alcohol motifs (C(OH)–C–C–N with tert-alkyl or cyclic N) is 1. The van der Waals surface area contributed by atoms with Crippen LogP contribution in [0, 0.1) is 0 Å². The average Bonchev–Trinajstić information content (AvgIpc) is 2.76. The van der Waals surface area contributed by atoms with Crippen molar-refractivity contribution in [2.24, 2.45) is 0 Å². The Morgan fingerprint density at radius 3 is 3.06 bits per heavy atom. The highest BCUT2D eigenvalue weighted by molar-refractivity contribution is 5.61. The van der Waals surface area contributed by atoms with Crippen molar-refractivity contribution >= 4 is 0 Å². The molecule has 0 aliphatic carbocycles. The van der Waals surface area contributed by atoms with Crippen molar-refractivity contribution in [3.8, 4) is 17.2 Å². The number of rotatable bonds is 1. The Kier molecular flexibility index (Phi) is 2.15. The van der Waals surface area contributed by atoms with E-state index in [0.717, 1.165) is 11.1 Å². The van der Waals surface area contributed by atoms with Gasteiger partial charge >= 0.3 is 0 Å². The third kappa shape index (κ3) is 1.25. The average molecular weight is 223 g/mol. The van der Waals surface area contributed by atoms with E-state index in [4.69, 9.17) is 14.2 Å². The second-order valence-electron chi connectivity index (χ2n) is 3.86. The van der Waals surface area contributed by atoms with Crippen molar-refractivity contribution in [1.29, 1.82) is 0 Å². The van der Waals surface area contributed by atoms with Gasteiger partial charge in [-0.2, -0.15) is 0 Å². The van der Waals surface area contributed by atoms with E-state index in [-0.39, 0.29) is 6.79 Å². The minimum Gasteiger partial charge on any atom is -0.493 e. The van der Waals surface area contributed by atoms with Crippen LogP contribution in [0.2, 0.25) is 0 Å². The van der Waals surface area contributed by atoms with Gasteiger partial charge in [0.25, 0.3) is 0 Å². The molecule has 2 N–H and O–H groups in total. The van der Waals surface area contributed by atoms with Gasteiger partial charge in [0, 0.05) is 18.7 Å². The van der Waals surface area contributed by atoms with Crippen LogP contribution < -0.4 is 19.5 Å². The lowest BCUT2D eigenvalue weighted by molar-refractivity contribution is 0.149. The van der Waals surface area contributed by atoms with Crippen molar-refractivity contribution in [3.63, 3.8) is 0 Å². The summed E-state index contributed by atoms with van der Waals surface area (Å²) in [4.78, 5) is 0. The molecule has 0 bridgehead atoms. The minimum absolute atomic E-state index is 0.183.